The topological polar surface area (TPSA) is 63.6 Å². The molecule has 1 N–H and O–H groups in total. The zero-order valence-electron chi connectivity index (χ0n) is 26.3. The fourth-order valence-corrected chi connectivity index (χ4v) is 6.55. The molecular formula is C36H48N2O5. The van der Waals surface area contributed by atoms with Crippen LogP contribution in [0.15, 0.2) is 54.6 Å². The van der Waals surface area contributed by atoms with E-state index in [1.807, 2.05) is 6.07 Å². The molecule has 5 rings (SSSR count). The van der Waals surface area contributed by atoms with Gasteiger partial charge in [-0.2, -0.15) is 0 Å². The number of ether oxygens (including phenoxy) is 4. The van der Waals surface area contributed by atoms with E-state index in [-0.39, 0.29) is 0 Å². The van der Waals surface area contributed by atoms with Crippen molar-refractivity contribution < 1.29 is 24.1 Å². The smallest absolute Gasteiger partial charge is 0.162 e. The second-order valence-electron chi connectivity index (χ2n) is 12.0. The van der Waals surface area contributed by atoms with E-state index in [2.05, 4.69) is 66.2 Å². The summed E-state index contributed by atoms with van der Waals surface area (Å²) in [6.45, 7) is 8.33. The summed E-state index contributed by atoms with van der Waals surface area (Å²) in [5, 5.41) is 9.97. The first kappa shape index (κ1) is 31.0. The Hall–Kier alpha value is -3.42. The van der Waals surface area contributed by atoms with Crippen molar-refractivity contribution in [1.29, 1.82) is 0 Å². The molecule has 0 aromatic heterocycles. The lowest BCUT2D eigenvalue weighted by Gasteiger charge is -2.32. The highest BCUT2D eigenvalue weighted by atomic mass is 16.5. The number of phenols is 1. The third-order valence-electron chi connectivity index (χ3n) is 9.06. The minimum Gasteiger partial charge on any atom is -0.508 e. The van der Waals surface area contributed by atoms with Crippen molar-refractivity contribution in [2.45, 2.75) is 51.5 Å². The van der Waals surface area contributed by atoms with E-state index in [4.69, 9.17) is 18.9 Å². The molecule has 1 unspecified atom stereocenters. The molecule has 0 amide bonds. The number of aromatic hydroxyl groups is 1. The molecule has 1 fully saturated rings. The van der Waals surface area contributed by atoms with E-state index in [0.717, 1.165) is 94.7 Å². The van der Waals surface area contributed by atoms with Crippen LogP contribution in [-0.2, 0) is 24.1 Å². The van der Waals surface area contributed by atoms with Crippen LogP contribution in [0.3, 0.4) is 0 Å². The highest BCUT2D eigenvalue weighted by Crippen LogP contribution is 2.43. The monoisotopic (exact) mass is 588 g/mol. The minimum atomic E-state index is 0.343. The first-order chi connectivity index (χ1) is 21.0. The van der Waals surface area contributed by atoms with Crippen LogP contribution in [0, 0.1) is 5.92 Å². The molecule has 0 spiro atoms. The lowest BCUT2D eigenvalue weighted by molar-refractivity contribution is 0.0543. The number of rotatable bonds is 13. The van der Waals surface area contributed by atoms with Gasteiger partial charge < -0.3 is 33.9 Å². The van der Waals surface area contributed by atoms with Gasteiger partial charge in [-0.15, -0.1) is 0 Å². The first-order valence-electron chi connectivity index (χ1n) is 15.8. The second-order valence-corrected chi connectivity index (χ2v) is 12.0. The predicted octanol–water partition coefficient (Wildman–Crippen LogP) is 6.45. The lowest BCUT2D eigenvalue weighted by Crippen LogP contribution is -2.32. The zero-order chi connectivity index (χ0) is 30.2. The van der Waals surface area contributed by atoms with Crippen molar-refractivity contribution in [3.05, 3.63) is 76.9 Å². The van der Waals surface area contributed by atoms with E-state index >= 15 is 0 Å². The van der Waals surface area contributed by atoms with Gasteiger partial charge in [0.2, 0.25) is 0 Å². The van der Waals surface area contributed by atoms with Crippen LogP contribution >= 0.6 is 0 Å². The molecule has 1 aliphatic heterocycles. The minimum absolute atomic E-state index is 0.343. The van der Waals surface area contributed by atoms with Crippen molar-refractivity contribution in [3.63, 3.8) is 0 Å². The summed E-state index contributed by atoms with van der Waals surface area (Å²) in [5.74, 6) is 3.83. The van der Waals surface area contributed by atoms with Gasteiger partial charge >= 0.3 is 0 Å². The zero-order valence-corrected chi connectivity index (χ0v) is 26.3. The summed E-state index contributed by atoms with van der Waals surface area (Å²) in [4.78, 5) is 4.80. The molecule has 2 aliphatic rings. The number of nitrogens with zero attached hydrogens (tertiary/aromatic N) is 2. The predicted molar refractivity (Wildman–Crippen MR) is 172 cm³/mol. The van der Waals surface area contributed by atoms with E-state index in [9.17, 15) is 5.11 Å². The Kier molecular flexibility index (Phi) is 10.7. The van der Waals surface area contributed by atoms with Gasteiger partial charge in [-0.1, -0.05) is 18.2 Å². The maximum Gasteiger partial charge on any atom is 0.162 e. The average Bonchev–Trinajstić information content (AvgIpc) is 3.04. The number of hydrogen-bond acceptors (Lipinski definition) is 7. The molecule has 1 heterocycles. The van der Waals surface area contributed by atoms with E-state index in [1.165, 1.54) is 27.9 Å². The number of phenolic OH excluding ortho intramolecular Hbond substituents is 1. The van der Waals surface area contributed by atoms with Gasteiger partial charge in [0.25, 0.3) is 0 Å². The molecule has 0 saturated carbocycles. The summed E-state index contributed by atoms with van der Waals surface area (Å²) in [7, 11) is 5.58. The highest BCUT2D eigenvalue weighted by Gasteiger charge is 2.26. The summed E-state index contributed by atoms with van der Waals surface area (Å²) >= 11 is 0. The maximum absolute atomic E-state index is 9.97. The molecule has 3 aromatic carbocycles. The Bertz CT molecular complexity index is 1320. The Balaban J connectivity index is 1.26. The van der Waals surface area contributed by atoms with Crippen molar-refractivity contribution in [2.24, 2.45) is 5.92 Å². The number of fused-ring (bicyclic) bond motifs is 1. The van der Waals surface area contributed by atoms with Crippen LogP contribution in [0.1, 0.15) is 54.4 Å². The summed E-state index contributed by atoms with van der Waals surface area (Å²) in [6.07, 6.45) is 5.22. The normalized spacial score (nSPS) is 17.0. The molecule has 1 aliphatic carbocycles. The van der Waals surface area contributed by atoms with E-state index in [1.54, 1.807) is 20.3 Å². The summed E-state index contributed by atoms with van der Waals surface area (Å²) < 4.78 is 23.1. The number of anilines is 1. The summed E-state index contributed by atoms with van der Waals surface area (Å²) in [5.41, 5.74) is 6.25. The average molecular weight is 589 g/mol. The Morgan fingerprint density at radius 3 is 2.37 bits per heavy atom. The van der Waals surface area contributed by atoms with E-state index < -0.39 is 0 Å². The fourth-order valence-electron chi connectivity index (χ4n) is 6.55. The number of hydrogen-bond donors (Lipinski definition) is 1. The molecule has 3 aromatic rings. The van der Waals surface area contributed by atoms with Crippen LogP contribution in [0.25, 0.3) is 0 Å². The fraction of sp³-hybridized carbons (Fsp3) is 0.500. The van der Waals surface area contributed by atoms with Crippen molar-refractivity contribution >= 4 is 5.69 Å². The largest absolute Gasteiger partial charge is 0.508 e. The number of benzene rings is 3. The van der Waals surface area contributed by atoms with Crippen LogP contribution < -0.4 is 19.1 Å². The van der Waals surface area contributed by atoms with Gasteiger partial charge in [-0.3, -0.25) is 0 Å². The number of aryl methyl sites for hydroxylation is 1. The molecule has 43 heavy (non-hydrogen) atoms. The van der Waals surface area contributed by atoms with Gasteiger partial charge in [0.15, 0.2) is 11.5 Å². The first-order valence-corrected chi connectivity index (χ1v) is 15.8. The standard InChI is InChI=1S/C36H48N2O5/c1-5-38(25-26-6-12-32(13-7-26)43-19-16-37(2)24-27-14-17-42-18-15-27)34-23-36(41-4)35(40-3)22-33(34)30-9-8-29-21-31(39)11-10-28(29)20-30/h6-7,10-13,21-23,27,30,39H,5,8-9,14-20,24-25H2,1-4H3. The second kappa shape index (κ2) is 14.8. The van der Waals surface area contributed by atoms with E-state index in [0.29, 0.717) is 18.3 Å². The molecule has 7 heteroatoms. The van der Waals surface area contributed by atoms with Gasteiger partial charge in [-0.25, -0.2) is 0 Å². The third kappa shape index (κ3) is 7.95. The van der Waals surface area contributed by atoms with Crippen molar-refractivity contribution in [3.8, 4) is 23.0 Å². The maximum atomic E-state index is 9.97. The number of likely N-dealkylation sites (N-methyl/N-ethyl adjacent to an activating group) is 1. The molecule has 1 saturated heterocycles. The van der Waals surface area contributed by atoms with Gasteiger partial charge in [-0.05, 0) is 110 Å². The molecular weight excluding hydrogens is 540 g/mol. The van der Waals surface area contributed by atoms with Crippen LogP contribution in [0.2, 0.25) is 0 Å². The molecule has 0 bridgehead atoms. The summed E-state index contributed by atoms with van der Waals surface area (Å²) in [6, 6.07) is 18.6. The van der Waals surface area contributed by atoms with Crippen molar-refractivity contribution in [2.75, 3.05) is 65.6 Å². The Labute approximate surface area is 257 Å². The Morgan fingerprint density at radius 2 is 1.65 bits per heavy atom. The van der Waals surface area contributed by atoms with Crippen LogP contribution in [0.5, 0.6) is 23.0 Å². The van der Waals surface area contributed by atoms with Crippen molar-refractivity contribution in [1.82, 2.24) is 4.90 Å². The lowest BCUT2D eigenvalue weighted by atomic mass is 9.79. The van der Waals surface area contributed by atoms with Crippen LogP contribution in [0.4, 0.5) is 5.69 Å². The molecule has 232 valence electrons. The molecule has 0 radical (unpaired) electrons. The number of methoxy groups -OCH3 is 2. The molecule has 7 nitrogen and oxygen atoms in total. The quantitative estimate of drug-likeness (QED) is 0.246. The third-order valence-corrected chi connectivity index (χ3v) is 9.06. The van der Waals surface area contributed by atoms with Gasteiger partial charge in [0.1, 0.15) is 18.1 Å². The molecule has 1 atom stereocenters. The SMILES string of the molecule is CCN(Cc1ccc(OCCN(C)CC2CCOCC2)cc1)c1cc(OC)c(OC)cc1C1CCc2cc(O)ccc2C1. The highest BCUT2D eigenvalue weighted by molar-refractivity contribution is 5.64. The Morgan fingerprint density at radius 1 is 0.907 bits per heavy atom. The van der Waals surface area contributed by atoms with Gasteiger partial charge in [0, 0.05) is 51.1 Å². The van der Waals surface area contributed by atoms with Gasteiger partial charge in [0.05, 0.1) is 14.2 Å². The van der Waals surface area contributed by atoms with Crippen LogP contribution in [-0.4, -0.2) is 70.7 Å².